The van der Waals surface area contributed by atoms with Gasteiger partial charge in [-0.05, 0) is 31.5 Å². The van der Waals surface area contributed by atoms with E-state index in [1.165, 1.54) is 4.90 Å². The fourth-order valence-corrected chi connectivity index (χ4v) is 2.60. The SMILES string of the molecule is C=C(C)CN1C(=O)C(=O)c2cc(Br)cc(C)c21. The van der Waals surface area contributed by atoms with Gasteiger partial charge in [0.05, 0.1) is 11.3 Å². The van der Waals surface area contributed by atoms with Crippen molar-refractivity contribution in [3.05, 3.63) is 39.9 Å². The summed E-state index contributed by atoms with van der Waals surface area (Å²) in [6.45, 7) is 7.90. The van der Waals surface area contributed by atoms with Crippen LogP contribution in [0, 0.1) is 6.92 Å². The van der Waals surface area contributed by atoms with Crippen LogP contribution in [-0.2, 0) is 4.79 Å². The number of anilines is 1. The monoisotopic (exact) mass is 293 g/mol. The molecule has 2 rings (SSSR count). The Morgan fingerprint density at radius 3 is 2.65 bits per heavy atom. The number of fused-ring (bicyclic) bond motifs is 1. The van der Waals surface area contributed by atoms with E-state index in [0.717, 1.165) is 15.6 Å². The molecule has 1 heterocycles. The Morgan fingerprint density at radius 1 is 1.41 bits per heavy atom. The number of hydrogen-bond acceptors (Lipinski definition) is 2. The Balaban J connectivity index is 2.60. The van der Waals surface area contributed by atoms with Gasteiger partial charge in [0.15, 0.2) is 0 Å². The number of amides is 1. The van der Waals surface area contributed by atoms with Gasteiger partial charge in [0, 0.05) is 11.0 Å². The number of rotatable bonds is 2. The van der Waals surface area contributed by atoms with E-state index in [4.69, 9.17) is 0 Å². The van der Waals surface area contributed by atoms with E-state index in [2.05, 4.69) is 22.5 Å². The molecule has 1 aromatic carbocycles. The Bertz CT molecular complexity index is 549. The van der Waals surface area contributed by atoms with Gasteiger partial charge in [-0.25, -0.2) is 0 Å². The molecule has 4 heteroatoms. The first kappa shape index (κ1) is 12.0. The van der Waals surface area contributed by atoms with Crippen LogP contribution in [0.2, 0.25) is 0 Å². The second-order valence-electron chi connectivity index (χ2n) is 4.30. The zero-order valence-corrected chi connectivity index (χ0v) is 11.3. The van der Waals surface area contributed by atoms with Crippen LogP contribution in [0.5, 0.6) is 0 Å². The summed E-state index contributed by atoms with van der Waals surface area (Å²) in [5.41, 5.74) is 2.95. The van der Waals surface area contributed by atoms with Crippen molar-refractivity contribution in [3.8, 4) is 0 Å². The van der Waals surface area contributed by atoms with E-state index in [0.29, 0.717) is 17.8 Å². The van der Waals surface area contributed by atoms with Crippen LogP contribution in [0.1, 0.15) is 22.8 Å². The number of nitrogens with zero attached hydrogens (tertiary/aromatic N) is 1. The molecule has 1 aliphatic heterocycles. The quantitative estimate of drug-likeness (QED) is 0.621. The fourth-order valence-electron chi connectivity index (χ4n) is 2.03. The summed E-state index contributed by atoms with van der Waals surface area (Å²) in [6, 6.07) is 3.59. The average Bonchev–Trinajstić information content (AvgIpc) is 2.43. The molecule has 0 spiro atoms. The Hall–Kier alpha value is -1.42. The summed E-state index contributed by atoms with van der Waals surface area (Å²) in [7, 11) is 0. The predicted octanol–water partition coefficient (Wildman–Crippen LogP) is 2.86. The van der Waals surface area contributed by atoms with Crippen molar-refractivity contribution >= 4 is 33.3 Å². The maximum Gasteiger partial charge on any atom is 0.299 e. The van der Waals surface area contributed by atoms with Crippen LogP contribution < -0.4 is 4.90 Å². The van der Waals surface area contributed by atoms with Gasteiger partial charge in [-0.3, -0.25) is 9.59 Å². The molecular formula is C13H12BrNO2. The maximum atomic E-state index is 11.9. The van der Waals surface area contributed by atoms with Crippen LogP contribution in [0.25, 0.3) is 0 Å². The van der Waals surface area contributed by atoms with Crippen LogP contribution >= 0.6 is 15.9 Å². The van der Waals surface area contributed by atoms with Gasteiger partial charge in [0.2, 0.25) is 0 Å². The van der Waals surface area contributed by atoms with E-state index in [1.807, 2.05) is 19.9 Å². The molecular weight excluding hydrogens is 282 g/mol. The molecule has 3 nitrogen and oxygen atoms in total. The van der Waals surface area contributed by atoms with E-state index in [9.17, 15) is 9.59 Å². The number of benzene rings is 1. The molecule has 0 saturated carbocycles. The molecule has 1 aromatic rings. The van der Waals surface area contributed by atoms with E-state index < -0.39 is 11.7 Å². The predicted molar refractivity (Wildman–Crippen MR) is 70.4 cm³/mol. The highest BCUT2D eigenvalue weighted by Gasteiger charge is 2.36. The van der Waals surface area contributed by atoms with Gasteiger partial charge in [0.25, 0.3) is 11.7 Å². The average molecular weight is 294 g/mol. The molecule has 0 aromatic heterocycles. The lowest BCUT2D eigenvalue weighted by atomic mass is 10.1. The van der Waals surface area contributed by atoms with Crippen molar-refractivity contribution in [3.63, 3.8) is 0 Å². The van der Waals surface area contributed by atoms with Crippen LogP contribution in [-0.4, -0.2) is 18.2 Å². The highest BCUT2D eigenvalue weighted by atomic mass is 79.9. The third kappa shape index (κ3) is 1.93. The summed E-state index contributed by atoms with van der Waals surface area (Å²) in [5, 5.41) is 0. The minimum atomic E-state index is -0.468. The first-order valence-corrected chi connectivity index (χ1v) is 6.02. The summed E-state index contributed by atoms with van der Waals surface area (Å²) in [6.07, 6.45) is 0. The maximum absolute atomic E-state index is 11.9. The lowest BCUT2D eigenvalue weighted by Gasteiger charge is -2.18. The minimum absolute atomic E-state index is 0.389. The lowest BCUT2D eigenvalue weighted by Crippen LogP contribution is -2.31. The van der Waals surface area contributed by atoms with Gasteiger partial charge in [-0.15, -0.1) is 0 Å². The Labute approximate surface area is 108 Å². The molecule has 0 fully saturated rings. The molecule has 17 heavy (non-hydrogen) atoms. The molecule has 0 N–H and O–H groups in total. The molecule has 0 saturated heterocycles. The zero-order chi connectivity index (χ0) is 12.7. The molecule has 88 valence electrons. The molecule has 0 unspecified atom stereocenters. The van der Waals surface area contributed by atoms with Crippen molar-refractivity contribution in [1.82, 2.24) is 0 Å². The Kier molecular flexibility index (Phi) is 2.91. The number of carbonyl (C=O) groups is 2. The third-order valence-electron chi connectivity index (χ3n) is 2.65. The Morgan fingerprint density at radius 2 is 2.06 bits per heavy atom. The second kappa shape index (κ2) is 4.11. The molecule has 0 atom stereocenters. The van der Waals surface area contributed by atoms with Crippen molar-refractivity contribution in [2.24, 2.45) is 0 Å². The minimum Gasteiger partial charge on any atom is -0.300 e. The van der Waals surface area contributed by atoms with Gasteiger partial charge < -0.3 is 4.90 Å². The number of ketones is 1. The van der Waals surface area contributed by atoms with Crippen LogP contribution in [0.4, 0.5) is 5.69 Å². The molecule has 1 aliphatic rings. The first-order chi connectivity index (χ1) is 7.91. The van der Waals surface area contributed by atoms with Gasteiger partial charge in [0.1, 0.15) is 0 Å². The summed E-state index contributed by atoms with van der Waals surface area (Å²) in [4.78, 5) is 25.2. The molecule has 0 radical (unpaired) electrons. The normalized spacial score (nSPS) is 14.2. The van der Waals surface area contributed by atoms with Crippen molar-refractivity contribution in [2.45, 2.75) is 13.8 Å². The number of carbonyl (C=O) groups excluding carboxylic acids is 2. The van der Waals surface area contributed by atoms with Gasteiger partial charge in [-0.2, -0.15) is 0 Å². The summed E-state index contributed by atoms with van der Waals surface area (Å²) < 4.78 is 0.812. The highest BCUT2D eigenvalue weighted by molar-refractivity contribution is 9.10. The van der Waals surface area contributed by atoms with E-state index >= 15 is 0 Å². The van der Waals surface area contributed by atoms with Crippen LogP contribution in [0.15, 0.2) is 28.8 Å². The lowest BCUT2D eigenvalue weighted by molar-refractivity contribution is -0.114. The van der Waals surface area contributed by atoms with Gasteiger partial charge in [-0.1, -0.05) is 28.1 Å². The first-order valence-electron chi connectivity index (χ1n) is 5.22. The number of aryl methyl sites for hydroxylation is 1. The van der Waals surface area contributed by atoms with Crippen LogP contribution in [0.3, 0.4) is 0 Å². The second-order valence-corrected chi connectivity index (χ2v) is 5.21. The summed E-state index contributed by atoms with van der Waals surface area (Å²) in [5.74, 6) is -0.908. The van der Waals surface area contributed by atoms with Crippen molar-refractivity contribution in [1.29, 1.82) is 0 Å². The largest absolute Gasteiger partial charge is 0.300 e. The van der Waals surface area contributed by atoms with Crippen molar-refractivity contribution < 1.29 is 9.59 Å². The number of Topliss-reactive ketones (excluding diaryl/α,β-unsaturated/α-hetero) is 1. The van der Waals surface area contributed by atoms with E-state index in [-0.39, 0.29) is 0 Å². The molecule has 0 bridgehead atoms. The molecule has 1 amide bonds. The van der Waals surface area contributed by atoms with Gasteiger partial charge >= 0.3 is 0 Å². The number of hydrogen-bond donors (Lipinski definition) is 0. The smallest absolute Gasteiger partial charge is 0.299 e. The number of halogens is 1. The highest BCUT2D eigenvalue weighted by Crippen LogP contribution is 2.35. The van der Waals surface area contributed by atoms with Crippen molar-refractivity contribution in [2.75, 3.05) is 11.4 Å². The zero-order valence-electron chi connectivity index (χ0n) is 9.71. The third-order valence-corrected chi connectivity index (χ3v) is 3.11. The van der Waals surface area contributed by atoms with E-state index in [1.54, 1.807) is 6.07 Å². The molecule has 0 aliphatic carbocycles. The standard InChI is InChI=1S/C13H12BrNO2/c1-7(2)6-15-11-8(3)4-9(14)5-10(11)12(16)13(15)17/h4-5H,1,6H2,2-3H3. The summed E-state index contributed by atoms with van der Waals surface area (Å²) >= 11 is 3.33. The topological polar surface area (TPSA) is 37.4 Å². The fraction of sp³-hybridized carbons (Fsp3) is 0.231.